The molecule has 0 aliphatic carbocycles. The number of terminal acetylenes is 2. The summed E-state index contributed by atoms with van der Waals surface area (Å²) in [5.74, 6) is 3.32. The highest BCUT2D eigenvalue weighted by molar-refractivity contribution is 5.77. The topological polar surface area (TPSA) is 38.4 Å². The predicted molar refractivity (Wildman–Crippen MR) is 199 cm³/mol. The lowest BCUT2D eigenvalue weighted by Gasteiger charge is -2.16. The maximum atomic E-state index is 5.78. The molecule has 0 aromatic heterocycles. The number of allylic oxidation sites excluding steroid dienone is 13. The van der Waals surface area contributed by atoms with E-state index in [1.54, 1.807) is 25.4 Å². The molecule has 2 N–H and O–H groups in total. The third-order valence-corrected chi connectivity index (χ3v) is 4.76. The number of rotatable bonds is 8. The zero-order valence-electron chi connectivity index (χ0n) is 28.3. The molecule has 2 heteroatoms. The highest BCUT2D eigenvalue weighted by Gasteiger charge is 2.13. The first kappa shape index (κ1) is 47.3. The van der Waals surface area contributed by atoms with Crippen LogP contribution >= 0.6 is 0 Å². The Kier molecular flexibility index (Phi) is 38.8. The Morgan fingerprint density at radius 3 is 1.71 bits per heavy atom. The summed E-state index contributed by atoms with van der Waals surface area (Å²) in [4.78, 5) is 4.01. The highest BCUT2D eigenvalue weighted by Crippen LogP contribution is 2.30. The van der Waals surface area contributed by atoms with Crippen LogP contribution in [-0.2, 0) is 0 Å². The largest absolute Gasteiger partial charge is 0.398 e. The van der Waals surface area contributed by atoms with Crippen molar-refractivity contribution in [2.24, 2.45) is 4.99 Å². The Labute approximate surface area is 261 Å². The molecule has 0 atom stereocenters. The molecule has 1 rings (SSSR count). The van der Waals surface area contributed by atoms with Crippen molar-refractivity contribution in [3.8, 4) is 25.2 Å². The molecule has 0 amide bonds. The van der Waals surface area contributed by atoms with E-state index in [4.69, 9.17) is 12.2 Å². The Balaban J connectivity index is -0.000000197. The normalized spacial score (nSPS) is 9.48. The smallest absolute Gasteiger partial charge is 0.0387 e. The van der Waals surface area contributed by atoms with Crippen LogP contribution < -0.4 is 5.73 Å². The predicted octanol–water partition coefficient (Wildman–Crippen LogP) is 11.4. The summed E-state index contributed by atoms with van der Waals surface area (Å²) >= 11 is 0. The summed E-state index contributed by atoms with van der Waals surface area (Å²) in [6, 6.07) is 7.99. The van der Waals surface area contributed by atoms with Crippen molar-refractivity contribution in [1.29, 1.82) is 0 Å². The van der Waals surface area contributed by atoms with Crippen LogP contribution in [0, 0.1) is 25.2 Å². The van der Waals surface area contributed by atoms with Gasteiger partial charge in [-0.2, -0.15) is 0 Å². The molecular formula is C40H58N2. The lowest BCUT2D eigenvalue weighted by molar-refractivity contribution is 0.870. The Bertz CT molecular complexity index is 1120. The molecule has 1 aromatic rings. The second kappa shape index (κ2) is 34.5. The summed E-state index contributed by atoms with van der Waals surface area (Å²) in [5, 5.41) is 0. The fourth-order valence-corrected chi connectivity index (χ4v) is 3.26. The van der Waals surface area contributed by atoms with Crippen LogP contribution in [0.25, 0.3) is 0 Å². The van der Waals surface area contributed by atoms with E-state index in [1.165, 1.54) is 5.56 Å². The van der Waals surface area contributed by atoms with Crippen LogP contribution in [-0.4, -0.2) is 13.3 Å². The summed E-state index contributed by atoms with van der Waals surface area (Å²) in [7, 11) is 1.73. The van der Waals surface area contributed by atoms with Crippen molar-refractivity contribution in [2.75, 3.05) is 12.8 Å². The molecule has 0 heterocycles. The quantitative estimate of drug-likeness (QED) is 0.110. The average molecular weight is 567 g/mol. The number of hydrogen-bond donors (Lipinski definition) is 1. The summed E-state index contributed by atoms with van der Waals surface area (Å²) in [6.45, 7) is 35.7. The van der Waals surface area contributed by atoms with Gasteiger partial charge in [-0.15, -0.1) is 39.0 Å². The van der Waals surface area contributed by atoms with Gasteiger partial charge in [0.25, 0.3) is 0 Å². The van der Waals surface area contributed by atoms with Crippen LogP contribution in [0.15, 0.2) is 138 Å². The number of nitrogens with zero attached hydrogens (tertiary/aromatic N) is 1. The van der Waals surface area contributed by atoms with E-state index in [0.717, 1.165) is 39.1 Å². The van der Waals surface area contributed by atoms with Gasteiger partial charge in [0.2, 0.25) is 0 Å². The van der Waals surface area contributed by atoms with E-state index in [2.05, 4.69) is 76.6 Å². The van der Waals surface area contributed by atoms with Gasteiger partial charge >= 0.3 is 0 Å². The van der Waals surface area contributed by atoms with Crippen LogP contribution in [0.3, 0.4) is 0 Å². The van der Waals surface area contributed by atoms with Gasteiger partial charge in [-0.1, -0.05) is 107 Å². The van der Waals surface area contributed by atoms with E-state index < -0.39 is 0 Å². The maximum Gasteiger partial charge on any atom is 0.0387 e. The van der Waals surface area contributed by atoms with Gasteiger partial charge in [0.15, 0.2) is 0 Å². The first-order valence-electron chi connectivity index (χ1n) is 13.9. The maximum absolute atomic E-state index is 5.78. The first-order chi connectivity index (χ1) is 20.1. The zero-order valence-corrected chi connectivity index (χ0v) is 28.3. The summed E-state index contributed by atoms with van der Waals surface area (Å²) < 4.78 is 0. The molecule has 42 heavy (non-hydrogen) atoms. The highest BCUT2D eigenvalue weighted by atomic mass is 14.6. The van der Waals surface area contributed by atoms with Gasteiger partial charge in [0.05, 0.1) is 0 Å². The van der Waals surface area contributed by atoms with E-state index in [1.807, 2.05) is 97.0 Å². The third-order valence-electron chi connectivity index (χ3n) is 4.76. The number of nitrogens with two attached hydrogens (primary N) is 1. The molecule has 0 radical (unpaired) electrons. The number of anilines is 1. The second-order valence-corrected chi connectivity index (χ2v) is 8.25. The van der Waals surface area contributed by atoms with Gasteiger partial charge in [-0.25, -0.2) is 0 Å². The van der Waals surface area contributed by atoms with E-state index in [9.17, 15) is 0 Å². The van der Waals surface area contributed by atoms with Crippen LogP contribution in [0.2, 0.25) is 0 Å². The molecule has 0 spiro atoms. The minimum atomic E-state index is 0.529. The minimum Gasteiger partial charge on any atom is -0.398 e. The van der Waals surface area contributed by atoms with Gasteiger partial charge < -0.3 is 5.73 Å². The molecule has 0 saturated heterocycles. The third kappa shape index (κ3) is 21.3. The molecule has 228 valence electrons. The lowest BCUT2D eigenvalue weighted by atomic mass is 9.87. The number of para-hydroxylation sites is 1. The molecule has 0 fully saturated rings. The Hall–Kier alpha value is -4.53. The SMILES string of the molecule is C#C.C#CC(C(=C)C(=C(C)C)/C(C=C)=C/C=NC)=C(/C=C\C)/C=C\C.C=C.C=CC.CC.CC(C)c1ccccc1N. The number of hydrogen-bond acceptors (Lipinski definition) is 2. The van der Waals surface area contributed by atoms with Gasteiger partial charge in [-0.05, 0) is 80.5 Å². The Morgan fingerprint density at radius 2 is 1.43 bits per heavy atom. The Morgan fingerprint density at radius 1 is 0.976 bits per heavy atom. The molecule has 1 aromatic carbocycles. The fraction of sp³-hybridized carbons (Fsp3) is 0.275. The molecule has 0 bridgehead atoms. The van der Waals surface area contributed by atoms with Crippen molar-refractivity contribution in [3.05, 3.63) is 139 Å². The van der Waals surface area contributed by atoms with E-state index in [0.29, 0.717) is 5.92 Å². The molecular weight excluding hydrogens is 508 g/mol. The van der Waals surface area contributed by atoms with Crippen molar-refractivity contribution in [3.63, 3.8) is 0 Å². The second-order valence-electron chi connectivity index (χ2n) is 8.25. The zero-order chi connectivity index (χ0) is 34.1. The number of benzene rings is 1. The van der Waals surface area contributed by atoms with Crippen molar-refractivity contribution >= 4 is 11.9 Å². The molecule has 0 unspecified atom stereocenters. The minimum absolute atomic E-state index is 0.529. The lowest BCUT2D eigenvalue weighted by Crippen LogP contribution is -1.99. The van der Waals surface area contributed by atoms with Crippen LogP contribution in [0.5, 0.6) is 0 Å². The standard InChI is InChI=1S/C22H27N.C9H13N.C3H6.C2H6.C2H4.C2H2/c1-9-13-20(14-10-2)21(12-4)18(7)22(17(5)6)19(11-3)15-16-23-8;1-7(2)8-5-3-4-6-9(8)10;1-3-2;3*1-2/h4,9-11,13-16H,3,7H2,1-2,5-6,8H3;3-7H,10H2,1-2H3;3H,1H2,2H3;1-2H3;1-2H2;1-2H/b13-9-,14-10-,19-15+,23-16?;;;;;. The van der Waals surface area contributed by atoms with Crippen LogP contribution in [0.1, 0.15) is 73.8 Å². The fourth-order valence-electron chi connectivity index (χ4n) is 3.26. The summed E-state index contributed by atoms with van der Waals surface area (Å²) in [5.41, 5.74) is 13.5. The number of aliphatic imine (C=N–C) groups is 1. The van der Waals surface area contributed by atoms with E-state index >= 15 is 0 Å². The molecule has 0 aliphatic rings. The van der Waals surface area contributed by atoms with Crippen LogP contribution in [0.4, 0.5) is 5.69 Å². The molecule has 0 aliphatic heterocycles. The summed E-state index contributed by atoms with van der Waals surface area (Å²) in [6.07, 6.45) is 28.9. The molecule has 2 nitrogen and oxygen atoms in total. The first-order valence-corrected chi connectivity index (χ1v) is 13.9. The van der Waals surface area contributed by atoms with Gasteiger partial charge in [-0.3, -0.25) is 4.99 Å². The number of nitrogen functional groups attached to an aromatic ring is 1. The van der Waals surface area contributed by atoms with Gasteiger partial charge in [0.1, 0.15) is 0 Å². The average Bonchev–Trinajstić information content (AvgIpc) is 2.99. The van der Waals surface area contributed by atoms with E-state index in [-0.39, 0.29) is 0 Å². The monoisotopic (exact) mass is 566 g/mol. The molecule has 0 saturated carbocycles. The van der Waals surface area contributed by atoms with Crippen molar-refractivity contribution in [2.45, 2.75) is 68.2 Å². The van der Waals surface area contributed by atoms with Crippen molar-refractivity contribution in [1.82, 2.24) is 0 Å². The van der Waals surface area contributed by atoms with Gasteiger partial charge in [0, 0.05) is 24.5 Å². The van der Waals surface area contributed by atoms with Crippen molar-refractivity contribution < 1.29 is 0 Å².